The Hall–Kier alpha value is 0.870. The molecule has 0 saturated heterocycles. The average Bonchev–Trinajstić information content (AvgIpc) is 2.49. The zero-order valence-electron chi connectivity index (χ0n) is 16.0. The van der Waals surface area contributed by atoms with Gasteiger partial charge in [0.25, 0.3) is 0 Å². The zero-order valence-corrected chi connectivity index (χ0v) is 18.8. The van der Waals surface area contributed by atoms with E-state index in [4.69, 9.17) is 0 Å². The first-order chi connectivity index (χ1) is 11.0. The zero-order chi connectivity index (χ0) is 17.4. The SMILES string of the molecule is CCCCCCCCCCCCCCCC(O)CCS(=O)(=O)[O-].[Na+]. The predicted octanol–water partition coefficient (Wildman–Crippen LogP) is 1.77. The quantitative estimate of drug-likeness (QED) is 0.240. The van der Waals surface area contributed by atoms with Crippen molar-refractivity contribution in [3.8, 4) is 0 Å². The van der Waals surface area contributed by atoms with Gasteiger partial charge in [0.05, 0.1) is 16.2 Å². The van der Waals surface area contributed by atoms with Crippen LogP contribution in [0.2, 0.25) is 0 Å². The van der Waals surface area contributed by atoms with Crippen LogP contribution in [-0.2, 0) is 10.1 Å². The summed E-state index contributed by atoms with van der Waals surface area (Å²) in [6.45, 7) is 2.25. The molecule has 140 valence electrons. The van der Waals surface area contributed by atoms with E-state index in [2.05, 4.69) is 6.92 Å². The molecular weight excluding hydrogens is 335 g/mol. The third-order valence-electron chi connectivity index (χ3n) is 4.34. The van der Waals surface area contributed by atoms with Gasteiger partial charge in [0.15, 0.2) is 0 Å². The van der Waals surface area contributed by atoms with Crippen molar-refractivity contribution >= 4 is 10.1 Å². The molecule has 0 amide bonds. The van der Waals surface area contributed by atoms with Crippen LogP contribution < -0.4 is 29.6 Å². The molecule has 0 rings (SSSR count). The Morgan fingerprint density at radius 1 is 0.750 bits per heavy atom. The molecule has 0 aromatic heterocycles. The van der Waals surface area contributed by atoms with Gasteiger partial charge >= 0.3 is 29.6 Å². The van der Waals surface area contributed by atoms with Gasteiger partial charge in [-0.25, -0.2) is 8.42 Å². The van der Waals surface area contributed by atoms with E-state index in [1.165, 1.54) is 70.6 Å². The summed E-state index contributed by atoms with van der Waals surface area (Å²) in [5, 5.41) is 9.59. The Labute approximate surface area is 172 Å². The molecule has 1 N–H and O–H groups in total. The van der Waals surface area contributed by atoms with Gasteiger partial charge in [0.2, 0.25) is 0 Å². The van der Waals surface area contributed by atoms with Crippen LogP contribution in [0.15, 0.2) is 0 Å². The predicted molar refractivity (Wildman–Crippen MR) is 95.5 cm³/mol. The molecule has 0 bridgehead atoms. The third-order valence-corrected chi connectivity index (χ3v) is 5.08. The Morgan fingerprint density at radius 2 is 1.12 bits per heavy atom. The van der Waals surface area contributed by atoms with Crippen molar-refractivity contribution in [1.82, 2.24) is 0 Å². The maximum Gasteiger partial charge on any atom is 1.00 e. The molecule has 24 heavy (non-hydrogen) atoms. The summed E-state index contributed by atoms with van der Waals surface area (Å²) in [7, 11) is -4.19. The van der Waals surface area contributed by atoms with E-state index >= 15 is 0 Å². The number of aliphatic hydroxyl groups excluding tert-OH is 1. The van der Waals surface area contributed by atoms with Gasteiger partial charge in [0, 0.05) is 5.75 Å². The van der Waals surface area contributed by atoms with Crippen molar-refractivity contribution in [1.29, 1.82) is 0 Å². The van der Waals surface area contributed by atoms with E-state index in [9.17, 15) is 18.1 Å². The summed E-state index contributed by atoms with van der Waals surface area (Å²) in [6.07, 6.45) is 16.7. The molecule has 0 aromatic carbocycles. The van der Waals surface area contributed by atoms with Crippen LogP contribution in [0, 0.1) is 0 Å². The van der Waals surface area contributed by atoms with Crippen molar-refractivity contribution in [2.24, 2.45) is 0 Å². The number of hydrogen-bond acceptors (Lipinski definition) is 4. The van der Waals surface area contributed by atoms with Gasteiger partial charge in [0.1, 0.15) is 0 Å². The number of aliphatic hydroxyl groups is 1. The Kier molecular flexibility index (Phi) is 21.1. The van der Waals surface area contributed by atoms with Crippen LogP contribution in [0.4, 0.5) is 0 Å². The van der Waals surface area contributed by atoms with Crippen molar-refractivity contribution in [2.45, 2.75) is 109 Å². The van der Waals surface area contributed by atoms with Crippen LogP contribution in [-0.4, -0.2) is 29.9 Å². The minimum atomic E-state index is -4.19. The summed E-state index contributed by atoms with van der Waals surface area (Å²) in [5.74, 6) is -0.452. The van der Waals surface area contributed by atoms with E-state index in [-0.39, 0.29) is 36.0 Å². The summed E-state index contributed by atoms with van der Waals surface area (Å²) in [5.41, 5.74) is 0. The molecule has 0 aliphatic heterocycles. The van der Waals surface area contributed by atoms with E-state index in [0.29, 0.717) is 6.42 Å². The molecule has 1 atom stereocenters. The second-order valence-corrected chi connectivity index (χ2v) is 8.26. The van der Waals surface area contributed by atoms with Gasteiger partial charge in [-0.1, -0.05) is 90.4 Å². The van der Waals surface area contributed by atoms with Gasteiger partial charge in [-0.05, 0) is 12.8 Å². The average molecular weight is 373 g/mol. The number of hydrogen-bond donors (Lipinski definition) is 1. The molecular formula is C18H37NaO4S. The van der Waals surface area contributed by atoms with Crippen molar-refractivity contribution < 1.29 is 47.6 Å². The van der Waals surface area contributed by atoms with E-state index in [1.54, 1.807) is 0 Å². The van der Waals surface area contributed by atoms with E-state index in [0.717, 1.165) is 12.8 Å². The molecule has 0 saturated carbocycles. The Morgan fingerprint density at radius 3 is 1.50 bits per heavy atom. The first-order valence-electron chi connectivity index (χ1n) is 9.57. The third kappa shape index (κ3) is 22.9. The van der Waals surface area contributed by atoms with Gasteiger partial charge < -0.3 is 9.66 Å². The summed E-state index contributed by atoms with van der Waals surface area (Å²) in [4.78, 5) is 0. The van der Waals surface area contributed by atoms with Gasteiger partial charge in [-0.3, -0.25) is 0 Å². The standard InChI is InChI=1S/C18H38O4S.Na/c1-2-3-4-5-6-7-8-9-10-11-12-13-14-15-18(19)16-17-23(20,21)22;/h18-19H,2-17H2,1H3,(H,20,21,22);/q;+1/p-1. The normalized spacial score (nSPS) is 12.8. The minimum Gasteiger partial charge on any atom is -0.748 e. The monoisotopic (exact) mass is 372 g/mol. The van der Waals surface area contributed by atoms with Crippen LogP contribution in [0.5, 0.6) is 0 Å². The smallest absolute Gasteiger partial charge is 0.748 e. The molecule has 0 aliphatic rings. The summed E-state index contributed by atoms with van der Waals surface area (Å²) < 4.78 is 31.4. The van der Waals surface area contributed by atoms with Crippen LogP contribution >= 0.6 is 0 Å². The largest absolute Gasteiger partial charge is 1.00 e. The number of unbranched alkanes of at least 4 members (excludes halogenated alkanes) is 12. The summed E-state index contributed by atoms with van der Waals surface area (Å²) in [6, 6.07) is 0. The van der Waals surface area contributed by atoms with Gasteiger partial charge in [-0.15, -0.1) is 0 Å². The topological polar surface area (TPSA) is 77.4 Å². The molecule has 6 heteroatoms. The molecule has 1 unspecified atom stereocenters. The molecule has 0 aromatic rings. The molecule has 4 nitrogen and oxygen atoms in total. The molecule has 0 heterocycles. The second kappa shape index (κ2) is 18.7. The number of rotatable bonds is 17. The van der Waals surface area contributed by atoms with Crippen LogP contribution in [0.25, 0.3) is 0 Å². The van der Waals surface area contributed by atoms with Crippen molar-refractivity contribution in [3.05, 3.63) is 0 Å². The molecule has 0 radical (unpaired) electrons. The summed E-state index contributed by atoms with van der Waals surface area (Å²) >= 11 is 0. The fourth-order valence-corrected chi connectivity index (χ4v) is 3.38. The minimum absolute atomic E-state index is 0. The molecule has 0 fully saturated rings. The Balaban J connectivity index is 0. The first kappa shape index (κ1) is 27.1. The van der Waals surface area contributed by atoms with Crippen LogP contribution in [0.1, 0.15) is 103 Å². The molecule has 0 aliphatic carbocycles. The van der Waals surface area contributed by atoms with Crippen molar-refractivity contribution in [3.63, 3.8) is 0 Å². The maximum atomic E-state index is 10.5. The second-order valence-electron chi connectivity index (χ2n) is 6.74. The van der Waals surface area contributed by atoms with Crippen molar-refractivity contribution in [2.75, 3.05) is 5.75 Å². The fourth-order valence-electron chi connectivity index (χ4n) is 2.82. The molecule has 0 spiro atoms. The maximum absolute atomic E-state index is 10.5. The van der Waals surface area contributed by atoms with E-state index < -0.39 is 22.0 Å². The van der Waals surface area contributed by atoms with Gasteiger partial charge in [-0.2, -0.15) is 0 Å². The van der Waals surface area contributed by atoms with E-state index in [1.807, 2.05) is 0 Å². The fraction of sp³-hybridized carbons (Fsp3) is 1.00. The Bertz CT molecular complexity index is 347. The van der Waals surface area contributed by atoms with Crippen LogP contribution in [0.3, 0.4) is 0 Å². The first-order valence-corrected chi connectivity index (χ1v) is 11.1.